The van der Waals surface area contributed by atoms with Crippen molar-refractivity contribution in [2.75, 3.05) is 43.5 Å². The Morgan fingerprint density at radius 2 is 1.89 bits per heavy atom. The summed E-state index contributed by atoms with van der Waals surface area (Å²) in [5, 5.41) is 12.0. The van der Waals surface area contributed by atoms with Crippen molar-refractivity contribution < 1.29 is 14.3 Å². The van der Waals surface area contributed by atoms with Crippen molar-refractivity contribution in [2.24, 2.45) is 0 Å². The number of hydrogen-bond acceptors (Lipinski definition) is 7. The maximum Gasteiger partial charge on any atom is 0.226 e. The highest BCUT2D eigenvalue weighted by Gasteiger charge is 2.23. The van der Waals surface area contributed by atoms with E-state index in [1.807, 2.05) is 36.1 Å². The highest BCUT2D eigenvalue weighted by Crippen LogP contribution is 2.28. The van der Waals surface area contributed by atoms with Crippen LogP contribution in [0, 0.1) is 0 Å². The van der Waals surface area contributed by atoms with Gasteiger partial charge < -0.3 is 19.9 Å². The average molecular weight is 404 g/mol. The lowest BCUT2D eigenvalue weighted by atomic mass is 10.2. The third-order valence-electron chi connectivity index (χ3n) is 4.64. The van der Waals surface area contributed by atoms with E-state index in [4.69, 9.17) is 4.74 Å². The van der Waals surface area contributed by atoms with E-state index < -0.39 is 0 Å². The Morgan fingerprint density at radius 3 is 2.57 bits per heavy atom. The second-order valence-electron chi connectivity index (χ2n) is 6.44. The monoisotopic (exact) mass is 403 g/mol. The van der Waals surface area contributed by atoms with Gasteiger partial charge in [-0.15, -0.1) is 10.2 Å². The number of rotatable bonds is 7. The van der Waals surface area contributed by atoms with Gasteiger partial charge in [-0.1, -0.05) is 30.4 Å². The number of nitrogens with zero attached hydrogens (tertiary/aromatic N) is 4. The van der Waals surface area contributed by atoms with Gasteiger partial charge in [0.2, 0.25) is 16.9 Å². The molecular formula is C19H25N5O3S. The topological polar surface area (TPSA) is 87.7 Å². The molecule has 1 aliphatic rings. The summed E-state index contributed by atoms with van der Waals surface area (Å²) in [4.78, 5) is 28.5. The third-order valence-corrected chi connectivity index (χ3v) is 5.62. The molecule has 0 unspecified atom stereocenters. The normalized spacial score (nSPS) is 14.1. The predicted molar refractivity (Wildman–Crippen MR) is 109 cm³/mol. The molecule has 0 aliphatic carbocycles. The Kier molecular flexibility index (Phi) is 6.80. The van der Waals surface area contributed by atoms with Crippen LogP contribution in [0.15, 0.2) is 24.3 Å². The van der Waals surface area contributed by atoms with E-state index in [0.29, 0.717) is 18.2 Å². The van der Waals surface area contributed by atoms with Crippen molar-refractivity contribution in [1.82, 2.24) is 15.1 Å². The number of methoxy groups -OCH3 is 1. The molecule has 0 spiro atoms. The number of aryl methyl sites for hydroxylation is 1. The lowest BCUT2D eigenvalue weighted by molar-refractivity contribution is -0.133. The van der Waals surface area contributed by atoms with Crippen LogP contribution < -0.4 is 15.0 Å². The number of anilines is 2. The molecule has 0 radical (unpaired) electrons. The number of hydrogen-bond donors (Lipinski definition) is 1. The van der Waals surface area contributed by atoms with E-state index in [1.54, 1.807) is 7.11 Å². The van der Waals surface area contributed by atoms with Gasteiger partial charge in [-0.05, 0) is 18.6 Å². The first-order valence-corrected chi connectivity index (χ1v) is 10.2. The molecule has 0 saturated carbocycles. The zero-order valence-corrected chi connectivity index (χ0v) is 17.0. The summed E-state index contributed by atoms with van der Waals surface area (Å²) in [6, 6.07) is 7.89. The minimum absolute atomic E-state index is 0.00124. The zero-order valence-electron chi connectivity index (χ0n) is 16.2. The van der Waals surface area contributed by atoms with Crippen LogP contribution in [0.2, 0.25) is 0 Å². The van der Waals surface area contributed by atoms with Gasteiger partial charge in [0.15, 0.2) is 0 Å². The van der Waals surface area contributed by atoms with E-state index in [-0.39, 0.29) is 24.7 Å². The summed E-state index contributed by atoms with van der Waals surface area (Å²) in [6.45, 7) is 4.73. The molecule has 0 atom stereocenters. The van der Waals surface area contributed by atoms with Crippen LogP contribution in [0.1, 0.15) is 24.8 Å². The average Bonchev–Trinajstić information content (AvgIpc) is 3.19. The molecule has 0 bridgehead atoms. The molecule has 1 aliphatic heterocycles. The van der Waals surface area contributed by atoms with Crippen LogP contribution in [0.25, 0.3) is 0 Å². The lowest BCUT2D eigenvalue weighted by Crippen LogP contribution is -2.49. The van der Waals surface area contributed by atoms with Crippen molar-refractivity contribution in [3.8, 4) is 5.75 Å². The van der Waals surface area contributed by atoms with Crippen LogP contribution in [-0.2, 0) is 16.0 Å². The van der Waals surface area contributed by atoms with Crippen molar-refractivity contribution in [1.29, 1.82) is 0 Å². The van der Waals surface area contributed by atoms with Crippen LogP contribution in [-0.4, -0.2) is 60.2 Å². The van der Waals surface area contributed by atoms with Crippen molar-refractivity contribution >= 4 is 34.0 Å². The van der Waals surface area contributed by atoms with Crippen LogP contribution in [0.4, 0.5) is 10.8 Å². The Labute approximate surface area is 168 Å². The molecule has 1 fully saturated rings. The molecule has 1 aromatic heterocycles. The molecule has 1 saturated heterocycles. The van der Waals surface area contributed by atoms with Gasteiger partial charge in [0.1, 0.15) is 10.8 Å². The number of amides is 2. The summed E-state index contributed by atoms with van der Waals surface area (Å²) >= 11 is 1.36. The fourth-order valence-electron chi connectivity index (χ4n) is 3.10. The fourth-order valence-corrected chi connectivity index (χ4v) is 3.79. The molecule has 1 N–H and O–H groups in total. The minimum Gasteiger partial charge on any atom is -0.495 e. The lowest BCUT2D eigenvalue weighted by Gasteiger charge is -2.36. The quantitative estimate of drug-likeness (QED) is 0.762. The molecule has 9 heteroatoms. The van der Waals surface area contributed by atoms with Crippen molar-refractivity contribution in [3.05, 3.63) is 29.3 Å². The number of carbonyl (C=O) groups excluding carboxylic acids is 2. The van der Waals surface area contributed by atoms with Gasteiger partial charge in [0.25, 0.3) is 0 Å². The number of piperazine rings is 1. The van der Waals surface area contributed by atoms with E-state index in [0.717, 1.165) is 36.0 Å². The van der Waals surface area contributed by atoms with Gasteiger partial charge in [0.05, 0.1) is 12.8 Å². The molecule has 8 nitrogen and oxygen atoms in total. The first-order chi connectivity index (χ1) is 13.6. The summed E-state index contributed by atoms with van der Waals surface area (Å²) in [7, 11) is 1.66. The second kappa shape index (κ2) is 9.50. The Hall–Kier alpha value is -2.68. The number of para-hydroxylation sites is 2. The molecule has 150 valence electrons. The summed E-state index contributed by atoms with van der Waals surface area (Å²) in [5.41, 5.74) is 1.04. The first kappa shape index (κ1) is 20.1. The molecule has 2 heterocycles. The molecule has 1 aromatic carbocycles. The van der Waals surface area contributed by atoms with Crippen LogP contribution >= 0.6 is 11.3 Å². The molecular weight excluding hydrogens is 378 g/mol. The molecule has 2 amide bonds. The zero-order chi connectivity index (χ0) is 19.9. The van der Waals surface area contributed by atoms with E-state index in [1.165, 1.54) is 11.3 Å². The highest BCUT2D eigenvalue weighted by atomic mass is 32.1. The van der Waals surface area contributed by atoms with Crippen molar-refractivity contribution in [3.63, 3.8) is 0 Å². The maximum atomic E-state index is 12.4. The number of nitrogens with one attached hydrogen (secondary N) is 1. The van der Waals surface area contributed by atoms with Crippen LogP contribution in [0.5, 0.6) is 5.75 Å². The smallest absolute Gasteiger partial charge is 0.226 e. The Balaban J connectivity index is 1.44. The van der Waals surface area contributed by atoms with Crippen molar-refractivity contribution in [2.45, 2.75) is 26.2 Å². The van der Waals surface area contributed by atoms with Gasteiger partial charge in [-0.2, -0.15) is 0 Å². The number of ether oxygens (including phenoxy) is 1. The largest absolute Gasteiger partial charge is 0.495 e. The van der Waals surface area contributed by atoms with E-state index >= 15 is 0 Å². The second-order valence-corrected chi connectivity index (χ2v) is 7.50. The van der Waals surface area contributed by atoms with Gasteiger partial charge in [0, 0.05) is 39.0 Å². The van der Waals surface area contributed by atoms with Gasteiger partial charge in [-0.3, -0.25) is 9.59 Å². The number of carbonyl (C=O) groups is 2. The summed E-state index contributed by atoms with van der Waals surface area (Å²) in [6.07, 6.45) is 1.12. The highest BCUT2D eigenvalue weighted by molar-refractivity contribution is 7.15. The molecule has 28 heavy (non-hydrogen) atoms. The number of benzene rings is 1. The fraction of sp³-hybridized carbons (Fsp3) is 0.474. The van der Waals surface area contributed by atoms with E-state index in [9.17, 15) is 9.59 Å². The first-order valence-electron chi connectivity index (χ1n) is 9.38. The molecule has 3 rings (SSSR count). The van der Waals surface area contributed by atoms with Crippen LogP contribution in [0.3, 0.4) is 0 Å². The SMILES string of the molecule is CCc1nnc(NC(=O)CCC(=O)N2CCN(c3ccccc3OC)CC2)s1. The minimum atomic E-state index is -0.209. The predicted octanol–water partition coefficient (Wildman–Crippen LogP) is 2.18. The standard InChI is InChI=1S/C19H25N5O3S/c1-3-17-21-22-19(28-17)20-16(25)8-9-18(26)24-12-10-23(11-13-24)14-6-4-5-7-15(14)27-2/h4-7H,3,8-13H2,1-2H3,(H,20,22,25). The maximum absolute atomic E-state index is 12.4. The Bertz CT molecular complexity index is 817. The summed E-state index contributed by atoms with van der Waals surface area (Å²) < 4.78 is 5.42. The molecule has 2 aromatic rings. The number of aromatic nitrogens is 2. The third kappa shape index (κ3) is 4.98. The van der Waals surface area contributed by atoms with Gasteiger partial charge in [-0.25, -0.2) is 0 Å². The Morgan fingerprint density at radius 1 is 1.14 bits per heavy atom. The van der Waals surface area contributed by atoms with Gasteiger partial charge >= 0.3 is 0 Å². The van der Waals surface area contributed by atoms with E-state index in [2.05, 4.69) is 20.4 Å². The summed E-state index contributed by atoms with van der Waals surface area (Å²) in [5.74, 6) is 0.628.